The molecule has 0 atom stereocenters. The molecular formula is C11H11NO3S. The van der Waals surface area contributed by atoms with Crippen LogP contribution in [0.5, 0.6) is 5.75 Å². The summed E-state index contributed by atoms with van der Waals surface area (Å²) in [5.41, 5.74) is 6.31. The Morgan fingerprint density at radius 2 is 1.69 bits per heavy atom. The Hall–Kier alpha value is -1.75. The Balaban J connectivity index is 2.49. The Labute approximate surface area is 93.8 Å². The quantitative estimate of drug-likeness (QED) is 0.638. The predicted octanol–water partition coefficient (Wildman–Crippen LogP) is 1.76. The van der Waals surface area contributed by atoms with Crippen LogP contribution in [0.4, 0.5) is 5.69 Å². The highest BCUT2D eigenvalue weighted by Gasteiger charge is 2.04. The van der Waals surface area contributed by atoms with E-state index in [1.165, 1.54) is 0 Å². The molecule has 0 bridgehead atoms. The fraction of sp³-hybridized carbons (Fsp3) is 0.0909. The molecule has 84 valence electrons. The topological polar surface area (TPSA) is 69.4 Å². The summed E-state index contributed by atoms with van der Waals surface area (Å²) in [6, 6.07) is 10.4. The zero-order chi connectivity index (χ0) is 11.8. The largest absolute Gasteiger partial charge is 0.399 e. The van der Waals surface area contributed by atoms with Crippen molar-refractivity contribution in [2.24, 2.45) is 0 Å². The fourth-order valence-electron chi connectivity index (χ4n) is 1.47. The number of rotatable bonds is 2. The molecule has 0 fully saturated rings. The van der Waals surface area contributed by atoms with Gasteiger partial charge in [-0.25, -0.2) is 0 Å². The summed E-state index contributed by atoms with van der Waals surface area (Å²) in [5.74, 6) is 0.305. The number of fused-ring (bicyclic) bond motifs is 1. The van der Waals surface area contributed by atoms with Gasteiger partial charge < -0.3 is 9.92 Å². The second kappa shape index (κ2) is 3.68. The third kappa shape index (κ3) is 2.43. The third-order valence-electron chi connectivity index (χ3n) is 2.08. The number of benzene rings is 2. The summed E-state index contributed by atoms with van der Waals surface area (Å²) in [6.45, 7) is 0. The van der Waals surface area contributed by atoms with Crippen LogP contribution in [0.25, 0.3) is 10.8 Å². The number of nitrogen functional groups attached to an aromatic ring is 1. The molecule has 0 aliphatic rings. The number of nitrogens with two attached hydrogens (primary N) is 1. The van der Waals surface area contributed by atoms with E-state index in [2.05, 4.69) is 0 Å². The molecule has 0 amide bonds. The van der Waals surface area contributed by atoms with E-state index in [4.69, 9.17) is 9.92 Å². The van der Waals surface area contributed by atoms with Crippen molar-refractivity contribution in [2.45, 2.75) is 0 Å². The fourth-order valence-corrected chi connectivity index (χ4v) is 1.92. The average Bonchev–Trinajstić information content (AvgIpc) is 2.16. The van der Waals surface area contributed by atoms with Gasteiger partial charge in [-0.15, -0.1) is 0 Å². The Morgan fingerprint density at radius 3 is 2.38 bits per heavy atom. The molecule has 0 unspecified atom stereocenters. The highest BCUT2D eigenvalue weighted by molar-refractivity contribution is 7.86. The third-order valence-corrected chi connectivity index (χ3v) is 2.58. The molecular weight excluding hydrogens is 226 g/mol. The zero-order valence-electron chi connectivity index (χ0n) is 8.67. The molecule has 2 rings (SSSR count). The molecule has 16 heavy (non-hydrogen) atoms. The lowest BCUT2D eigenvalue weighted by Crippen LogP contribution is -2.05. The van der Waals surface area contributed by atoms with Gasteiger partial charge in [-0.3, -0.25) is 0 Å². The summed E-state index contributed by atoms with van der Waals surface area (Å²) in [7, 11) is -3.48. The van der Waals surface area contributed by atoms with Crippen molar-refractivity contribution >= 4 is 26.6 Å². The predicted molar refractivity (Wildman–Crippen MR) is 63.8 cm³/mol. The van der Waals surface area contributed by atoms with E-state index in [9.17, 15) is 8.42 Å². The molecule has 0 aromatic heterocycles. The molecule has 0 saturated carbocycles. The highest BCUT2D eigenvalue weighted by Crippen LogP contribution is 2.23. The first-order valence-electron chi connectivity index (χ1n) is 4.63. The van der Waals surface area contributed by atoms with Gasteiger partial charge in [0.05, 0.1) is 6.26 Å². The average molecular weight is 237 g/mol. The van der Waals surface area contributed by atoms with E-state index in [1.54, 1.807) is 24.3 Å². The molecule has 2 N–H and O–H groups in total. The number of hydrogen-bond acceptors (Lipinski definition) is 4. The summed E-state index contributed by atoms with van der Waals surface area (Å²) in [6.07, 6.45) is 1.01. The minimum Gasteiger partial charge on any atom is -0.399 e. The van der Waals surface area contributed by atoms with Crippen LogP contribution >= 0.6 is 0 Å². The number of anilines is 1. The van der Waals surface area contributed by atoms with Crippen LogP contribution in [0.3, 0.4) is 0 Å². The summed E-state index contributed by atoms with van der Waals surface area (Å²) >= 11 is 0. The van der Waals surface area contributed by atoms with E-state index in [-0.39, 0.29) is 0 Å². The lowest BCUT2D eigenvalue weighted by Gasteiger charge is -2.04. The van der Waals surface area contributed by atoms with Gasteiger partial charge in [0.1, 0.15) is 5.75 Å². The summed E-state index contributed by atoms with van der Waals surface area (Å²) in [4.78, 5) is 0. The van der Waals surface area contributed by atoms with Gasteiger partial charge in [0, 0.05) is 5.69 Å². The summed E-state index contributed by atoms with van der Waals surface area (Å²) in [5, 5.41) is 1.83. The minimum absolute atomic E-state index is 0.305. The van der Waals surface area contributed by atoms with Crippen LogP contribution in [0.2, 0.25) is 0 Å². The van der Waals surface area contributed by atoms with E-state index in [0.29, 0.717) is 11.4 Å². The highest BCUT2D eigenvalue weighted by atomic mass is 32.2. The normalized spacial score (nSPS) is 11.6. The first kappa shape index (κ1) is 10.8. The molecule has 0 heterocycles. The number of hydrogen-bond donors (Lipinski definition) is 1. The van der Waals surface area contributed by atoms with Gasteiger partial charge in [-0.2, -0.15) is 8.42 Å². The molecule has 2 aromatic rings. The zero-order valence-corrected chi connectivity index (χ0v) is 9.49. The van der Waals surface area contributed by atoms with Crippen molar-refractivity contribution < 1.29 is 12.6 Å². The van der Waals surface area contributed by atoms with Crippen LogP contribution in [-0.4, -0.2) is 14.7 Å². The van der Waals surface area contributed by atoms with Gasteiger partial charge in [0.25, 0.3) is 0 Å². The molecule has 5 heteroatoms. The monoisotopic (exact) mass is 237 g/mol. The van der Waals surface area contributed by atoms with Crippen molar-refractivity contribution in [1.82, 2.24) is 0 Å². The van der Waals surface area contributed by atoms with Crippen molar-refractivity contribution in [3.63, 3.8) is 0 Å². The lowest BCUT2D eigenvalue weighted by atomic mass is 10.1. The molecule has 0 aliphatic carbocycles. The maximum Gasteiger partial charge on any atom is 0.306 e. The maximum atomic E-state index is 10.9. The van der Waals surface area contributed by atoms with Crippen LogP contribution in [0.15, 0.2) is 36.4 Å². The van der Waals surface area contributed by atoms with Gasteiger partial charge in [-0.1, -0.05) is 12.1 Å². The Morgan fingerprint density at radius 1 is 1.06 bits per heavy atom. The van der Waals surface area contributed by atoms with Gasteiger partial charge >= 0.3 is 10.1 Å². The second-order valence-electron chi connectivity index (χ2n) is 3.56. The molecule has 0 spiro atoms. The van der Waals surface area contributed by atoms with Crippen molar-refractivity contribution in [2.75, 3.05) is 12.0 Å². The van der Waals surface area contributed by atoms with Crippen LogP contribution in [0, 0.1) is 0 Å². The Bertz CT molecular complexity index is 635. The van der Waals surface area contributed by atoms with E-state index >= 15 is 0 Å². The van der Waals surface area contributed by atoms with Crippen LogP contribution < -0.4 is 9.92 Å². The van der Waals surface area contributed by atoms with Gasteiger partial charge in [-0.05, 0) is 35.0 Å². The van der Waals surface area contributed by atoms with Gasteiger partial charge in [0.2, 0.25) is 0 Å². The molecule has 4 nitrogen and oxygen atoms in total. The molecule has 2 aromatic carbocycles. The van der Waals surface area contributed by atoms with Gasteiger partial charge in [0.15, 0.2) is 0 Å². The van der Waals surface area contributed by atoms with Crippen LogP contribution in [0.1, 0.15) is 0 Å². The van der Waals surface area contributed by atoms with Crippen LogP contribution in [-0.2, 0) is 10.1 Å². The molecule has 0 saturated heterocycles. The maximum absolute atomic E-state index is 10.9. The molecule has 0 radical (unpaired) electrons. The van der Waals surface area contributed by atoms with Crippen molar-refractivity contribution in [1.29, 1.82) is 0 Å². The van der Waals surface area contributed by atoms with Crippen molar-refractivity contribution in [3.05, 3.63) is 36.4 Å². The smallest absolute Gasteiger partial charge is 0.306 e. The SMILES string of the molecule is CS(=O)(=O)Oc1ccc2cc(N)ccc2c1. The molecule has 0 aliphatic heterocycles. The lowest BCUT2D eigenvalue weighted by molar-refractivity contribution is 0.493. The Kier molecular flexibility index (Phi) is 2.47. The van der Waals surface area contributed by atoms with E-state index in [1.807, 2.05) is 12.1 Å². The van der Waals surface area contributed by atoms with E-state index < -0.39 is 10.1 Å². The minimum atomic E-state index is -3.48. The van der Waals surface area contributed by atoms with Crippen molar-refractivity contribution in [3.8, 4) is 5.75 Å². The standard InChI is InChI=1S/C11H11NO3S/c1-16(13,14)15-11-5-3-8-6-10(12)4-2-9(8)7-11/h2-7H,12H2,1H3. The second-order valence-corrected chi connectivity index (χ2v) is 5.13. The summed E-state index contributed by atoms with van der Waals surface area (Å²) < 4.78 is 26.7. The first-order valence-corrected chi connectivity index (χ1v) is 6.44. The van der Waals surface area contributed by atoms with E-state index in [0.717, 1.165) is 17.0 Å². The first-order chi connectivity index (χ1) is 7.44.